The van der Waals surface area contributed by atoms with E-state index < -0.39 is 5.60 Å². The van der Waals surface area contributed by atoms with E-state index in [1.54, 1.807) is 4.68 Å². The van der Waals surface area contributed by atoms with Crippen molar-refractivity contribution < 1.29 is 5.11 Å². The summed E-state index contributed by atoms with van der Waals surface area (Å²) in [4.78, 5) is 0. The number of nitrogens with one attached hydrogen (secondary N) is 1. The van der Waals surface area contributed by atoms with E-state index in [4.69, 9.17) is 0 Å². The van der Waals surface area contributed by atoms with Crippen LogP contribution < -0.4 is 5.32 Å². The average Bonchev–Trinajstić information content (AvgIpc) is 2.88. The Morgan fingerprint density at radius 2 is 2.40 bits per heavy atom. The fourth-order valence-electron chi connectivity index (χ4n) is 1.72. The Balaban J connectivity index is 1.84. The molecule has 2 rings (SSSR count). The van der Waals surface area contributed by atoms with Gasteiger partial charge in [-0.1, -0.05) is 0 Å². The molecule has 2 N–H and O–H groups in total. The van der Waals surface area contributed by atoms with Crippen LogP contribution >= 0.6 is 0 Å². The maximum Gasteiger partial charge on any atom is 0.0784 e. The van der Waals surface area contributed by atoms with E-state index >= 15 is 0 Å². The Hall–Kier alpha value is -0.870. The van der Waals surface area contributed by atoms with Crippen LogP contribution in [-0.4, -0.2) is 33.1 Å². The molecule has 1 heterocycles. The summed E-state index contributed by atoms with van der Waals surface area (Å²) in [5.74, 6) is 0. The highest BCUT2D eigenvalue weighted by Gasteiger charge is 2.26. The molecule has 4 nitrogen and oxygen atoms in total. The minimum Gasteiger partial charge on any atom is -0.389 e. The largest absolute Gasteiger partial charge is 0.389 e. The van der Waals surface area contributed by atoms with Crippen LogP contribution in [0.1, 0.15) is 25.3 Å². The van der Waals surface area contributed by atoms with Gasteiger partial charge >= 0.3 is 0 Å². The summed E-state index contributed by atoms with van der Waals surface area (Å²) < 4.78 is 1.76. The molecule has 1 fully saturated rings. The summed E-state index contributed by atoms with van der Waals surface area (Å²) in [6.45, 7) is 2.53. The third-order valence-corrected chi connectivity index (χ3v) is 2.69. The standard InChI is InChI=1S/C11H19N3O/c1-11(15,8-12-10-3-4-10)5-9-6-13-14(2)7-9/h6-7,10,12,15H,3-5,8H2,1-2H3. The van der Waals surface area contributed by atoms with Gasteiger partial charge in [-0.15, -0.1) is 0 Å². The lowest BCUT2D eigenvalue weighted by Crippen LogP contribution is -2.40. The van der Waals surface area contributed by atoms with Crippen molar-refractivity contribution in [3.63, 3.8) is 0 Å². The van der Waals surface area contributed by atoms with Crippen LogP contribution in [0.15, 0.2) is 12.4 Å². The lowest BCUT2D eigenvalue weighted by Gasteiger charge is -2.23. The average molecular weight is 209 g/mol. The molecule has 1 atom stereocenters. The van der Waals surface area contributed by atoms with Gasteiger partial charge in [-0.3, -0.25) is 4.68 Å². The van der Waals surface area contributed by atoms with Gasteiger partial charge in [0.25, 0.3) is 0 Å². The van der Waals surface area contributed by atoms with Gasteiger partial charge in [-0.05, 0) is 25.3 Å². The van der Waals surface area contributed by atoms with Gasteiger partial charge in [-0.25, -0.2) is 0 Å². The first kappa shape index (κ1) is 10.6. The predicted molar refractivity (Wildman–Crippen MR) is 58.6 cm³/mol. The Labute approximate surface area is 90.3 Å². The van der Waals surface area contributed by atoms with Gasteiger partial charge in [0.1, 0.15) is 0 Å². The first-order valence-corrected chi connectivity index (χ1v) is 5.48. The number of hydrogen-bond donors (Lipinski definition) is 2. The summed E-state index contributed by atoms with van der Waals surface area (Å²) in [5.41, 5.74) is 0.408. The molecule has 4 heteroatoms. The lowest BCUT2D eigenvalue weighted by molar-refractivity contribution is 0.0597. The molecule has 1 aromatic heterocycles. The van der Waals surface area contributed by atoms with Crippen molar-refractivity contribution >= 4 is 0 Å². The van der Waals surface area contributed by atoms with E-state index in [2.05, 4.69) is 10.4 Å². The molecule has 1 saturated carbocycles. The highest BCUT2D eigenvalue weighted by molar-refractivity contribution is 5.08. The third kappa shape index (κ3) is 3.32. The van der Waals surface area contributed by atoms with Crippen LogP contribution in [-0.2, 0) is 13.5 Å². The van der Waals surface area contributed by atoms with Crippen molar-refractivity contribution in [2.45, 2.75) is 37.8 Å². The molecule has 0 spiro atoms. The molecule has 0 aromatic carbocycles. The second kappa shape index (κ2) is 3.94. The molecule has 0 radical (unpaired) electrons. The summed E-state index contributed by atoms with van der Waals surface area (Å²) in [7, 11) is 1.89. The molecule has 1 unspecified atom stereocenters. The van der Waals surface area contributed by atoms with E-state index in [0.717, 1.165) is 5.56 Å². The smallest absolute Gasteiger partial charge is 0.0784 e. The second-order valence-electron chi connectivity index (χ2n) is 4.85. The van der Waals surface area contributed by atoms with Gasteiger partial charge in [0.2, 0.25) is 0 Å². The summed E-state index contributed by atoms with van der Waals surface area (Å²) in [6, 6.07) is 0.644. The minimum absolute atomic E-state index is 0.644. The van der Waals surface area contributed by atoms with Crippen LogP contribution in [0.25, 0.3) is 0 Å². The van der Waals surface area contributed by atoms with Gasteiger partial charge in [-0.2, -0.15) is 5.10 Å². The molecular weight excluding hydrogens is 190 g/mol. The van der Waals surface area contributed by atoms with Crippen LogP contribution in [0.4, 0.5) is 0 Å². The van der Waals surface area contributed by atoms with E-state index in [-0.39, 0.29) is 0 Å². The molecule has 15 heavy (non-hydrogen) atoms. The van der Waals surface area contributed by atoms with Crippen molar-refractivity contribution in [1.82, 2.24) is 15.1 Å². The fourth-order valence-corrected chi connectivity index (χ4v) is 1.72. The third-order valence-electron chi connectivity index (χ3n) is 2.69. The summed E-state index contributed by atoms with van der Waals surface area (Å²) in [5, 5.41) is 17.6. The van der Waals surface area contributed by atoms with Crippen LogP contribution in [0.5, 0.6) is 0 Å². The number of aliphatic hydroxyl groups is 1. The summed E-state index contributed by atoms with van der Waals surface area (Å²) >= 11 is 0. The quantitative estimate of drug-likeness (QED) is 0.741. The van der Waals surface area contributed by atoms with Crippen molar-refractivity contribution in [2.75, 3.05) is 6.54 Å². The Morgan fingerprint density at radius 3 is 2.93 bits per heavy atom. The topological polar surface area (TPSA) is 50.1 Å². The maximum absolute atomic E-state index is 10.2. The monoisotopic (exact) mass is 209 g/mol. The van der Waals surface area contributed by atoms with Gasteiger partial charge in [0.05, 0.1) is 11.8 Å². The molecular formula is C11H19N3O. The Kier molecular flexibility index (Phi) is 2.80. The van der Waals surface area contributed by atoms with Gasteiger partial charge < -0.3 is 10.4 Å². The SMILES string of the molecule is Cn1cc(CC(C)(O)CNC2CC2)cn1. The molecule has 0 aliphatic heterocycles. The van der Waals surface area contributed by atoms with Crippen molar-refractivity contribution in [2.24, 2.45) is 7.05 Å². The van der Waals surface area contributed by atoms with Crippen molar-refractivity contribution in [1.29, 1.82) is 0 Å². The second-order valence-corrected chi connectivity index (χ2v) is 4.85. The van der Waals surface area contributed by atoms with Crippen LogP contribution in [0.2, 0.25) is 0 Å². The molecule has 1 aromatic rings. The zero-order chi connectivity index (χ0) is 10.9. The predicted octanol–water partition coefficient (Wildman–Crippen LogP) is 0.466. The zero-order valence-corrected chi connectivity index (χ0v) is 9.40. The molecule has 84 valence electrons. The van der Waals surface area contributed by atoms with Crippen LogP contribution in [0.3, 0.4) is 0 Å². The minimum atomic E-state index is -0.675. The lowest BCUT2D eigenvalue weighted by atomic mass is 9.98. The molecule has 1 aliphatic rings. The number of hydrogen-bond acceptors (Lipinski definition) is 3. The molecule has 0 bridgehead atoms. The Bertz CT molecular complexity index is 328. The van der Waals surface area contributed by atoms with E-state index in [0.29, 0.717) is 19.0 Å². The van der Waals surface area contributed by atoms with E-state index in [9.17, 15) is 5.11 Å². The number of rotatable bonds is 5. The number of aromatic nitrogens is 2. The normalized spacial score (nSPS) is 20.2. The van der Waals surface area contributed by atoms with Crippen LogP contribution in [0, 0.1) is 0 Å². The zero-order valence-electron chi connectivity index (χ0n) is 9.40. The fraction of sp³-hybridized carbons (Fsp3) is 0.727. The van der Waals surface area contributed by atoms with Crippen molar-refractivity contribution in [3.05, 3.63) is 18.0 Å². The maximum atomic E-state index is 10.2. The highest BCUT2D eigenvalue weighted by atomic mass is 16.3. The molecule has 0 saturated heterocycles. The Morgan fingerprint density at radius 1 is 1.67 bits per heavy atom. The molecule has 1 aliphatic carbocycles. The first-order chi connectivity index (χ1) is 7.05. The van der Waals surface area contributed by atoms with Crippen molar-refractivity contribution in [3.8, 4) is 0 Å². The number of aryl methyl sites for hydroxylation is 1. The first-order valence-electron chi connectivity index (χ1n) is 5.48. The molecule has 0 amide bonds. The number of nitrogens with zero attached hydrogens (tertiary/aromatic N) is 2. The van der Waals surface area contributed by atoms with Gasteiger partial charge in [0.15, 0.2) is 0 Å². The van der Waals surface area contributed by atoms with E-state index in [1.165, 1.54) is 12.8 Å². The highest BCUT2D eigenvalue weighted by Crippen LogP contribution is 2.20. The van der Waals surface area contributed by atoms with E-state index in [1.807, 2.05) is 26.4 Å². The van der Waals surface area contributed by atoms with Gasteiger partial charge in [0, 0.05) is 32.3 Å². The summed E-state index contributed by atoms with van der Waals surface area (Å²) in [6.07, 6.45) is 6.92.